The molecular weight excluding hydrogens is 452 g/mol. The minimum Gasteiger partial charge on any atom is -0.498 e. The first-order valence-electron chi connectivity index (χ1n) is 13.3. The molecule has 3 aliphatic rings. The number of hydrogen-bond donors (Lipinski definition) is 1. The van der Waals surface area contributed by atoms with Crippen LogP contribution in [0.15, 0.2) is 30.9 Å². The number of nitrogens with one attached hydrogen (secondary N) is 1. The fraction of sp³-hybridized carbons (Fsp3) is 0.607. The lowest BCUT2D eigenvalue weighted by Gasteiger charge is -2.56. The summed E-state index contributed by atoms with van der Waals surface area (Å²) in [5.74, 6) is 0.995. The van der Waals surface area contributed by atoms with Gasteiger partial charge in [-0.25, -0.2) is 0 Å². The average Bonchev–Trinajstić information content (AvgIpc) is 3.51. The number of hydrogen-bond acceptors (Lipinski definition) is 5. The highest BCUT2D eigenvalue weighted by atomic mass is 16.5. The Morgan fingerprint density at radius 2 is 2.17 bits per heavy atom. The Morgan fingerprint density at radius 3 is 2.89 bits per heavy atom. The van der Waals surface area contributed by atoms with Crippen LogP contribution < -0.4 is 5.32 Å². The Balaban J connectivity index is 1.39. The van der Waals surface area contributed by atoms with Crippen molar-refractivity contribution in [3.8, 4) is 0 Å². The molecule has 1 amide bonds. The quantitative estimate of drug-likeness (QED) is 0.470. The number of ether oxygens (including phenoxy) is 1. The third kappa shape index (κ3) is 5.01. The third-order valence-electron chi connectivity index (χ3n) is 8.41. The molecule has 8 nitrogen and oxygen atoms in total. The number of rotatable bonds is 7. The smallest absolute Gasteiger partial charge is 0.220 e. The first kappa shape index (κ1) is 24.8. The summed E-state index contributed by atoms with van der Waals surface area (Å²) in [5.41, 5.74) is 4.39. The van der Waals surface area contributed by atoms with Crippen LogP contribution in [0.5, 0.6) is 0 Å². The van der Waals surface area contributed by atoms with Gasteiger partial charge in [-0.15, -0.1) is 0 Å². The van der Waals surface area contributed by atoms with Crippen molar-refractivity contribution in [3.63, 3.8) is 0 Å². The zero-order valence-corrected chi connectivity index (χ0v) is 22.3. The van der Waals surface area contributed by atoms with E-state index in [1.165, 1.54) is 25.8 Å². The number of carbonyl (C=O) groups excluding carboxylic acids is 1. The maximum absolute atomic E-state index is 11.6. The van der Waals surface area contributed by atoms with Gasteiger partial charge in [0.1, 0.15) is 0 Å². The topological polar surface area (TPSA) is 77.2 Å². The molecular formula is C28H40N6O2. The van der Waals surface area contributed by atoms with Crippen LogP contribution in [0, 0.1) is 24.2 Å². The van der Waals surface area contributed by atoms with Gasteiger partial charge in [0.15, 0.2) is 0 Å². The maximum Gasteiger partial charge on any atom is 0.220 e. The molecule has 0 aromatic carbocycles. The molecule has 194 valence electrons. The van der Waals surface area contributed by atoms with Crippen molar-refractivity contribution in [2.24, 2.45) is 24.3 Å². The number of nitrogens with zero attached hydrogens (tertiary/aromatic N) is 5. The molecule has 2 aromatic heterocycles. The minimum atomic E-state index is -0.0419. The summed E-state index contributed by atoms with van der Waals surface area (Å²) in [7, 11) is 4.19. The summed E-state index contributed by atoms with van der Waals surface area (Å²) in [6, 6.07) is 0.430. The van der Waals surface area contributed by atoms with Gasteiger partial charge in [-0.1, -0.05) is 6.92 Å². The van der Waals surface area contributed by atoms with Crippen LogP contribution in [0.4, 0.5) is 0 Å². The predicted molar refractivity (Wildman–Crippen MR) is 141 cm³/mol. The molecule has 8 heteroatoms. The Labute approximate surface area is 214 Å². The highest BCUT2D eigenvalue weighted by molar-refractivity contribution is 5.86. The number of likely N-dealkylation sites (tertiary alicyclic amines) is 1. The molecule has 5 unspecified atom stereocenters. The number of allylic oxidation sites excluding steroid dienone is 2. The van der Waals surface area contributed by atoms with Gasteiger partial charge in [-0.3, -0.25) is 14.2 Å². The molecule has 0 spiro atoms. The highest BCUT2D eigenvalue weighted by Gasteiger charge is 2.52. The van der Waals surface area contributed by atoms with E-state index in [2.05, 4.69) is 53.2 Å². The molecule has 1 saturated carbocycles. The first-order valence-corrected chi connectivity index (χ1v) is 13.3. The fourth-order valence-corrected chi connectivity index (χ4v) is 6.60. The molecule has 2 aromatic rings. The number of carbonyl (C=O) groups is 1. The van der Waals surface area contributed by atoms with Gasteiger partial charge in [-0.05, 0) is 75.9 Å². The molecule has 1 aliphatic carbocycles. The number of amides is 1. The number of fused-ring (bicyclic) bond motifs is 2. The molecule has 0 radical (unpaired) electrons. The lowest BCUT2D eigenvalue weighted by atomic mass is 9.56. The van der Waals surface area contributed by atoms with Crippen molar-refractivity contribution in [1.82, 2.24) is 29.8 Å². The minimum absolute atomic E-state index is 0.0419. The van der Waals surface area contributed by atoms with Crippen LogP contribution in [0.3, 0.4) is 0 Å². The average molecular weight is 493 g/mol. The zero-order valence-electron chi connectivity index (χ0n) is 22.3. The van der Waals surface area contributed by atoms with E-state index in [0.29, 0.717) is 24.9 Å². The van der Waals surface area contributed by atoms with Gasteiger partial charge >= 0.3 is 0 Å². The van der Waals surface area contributed by atoms with Crippen LogP contribution >= 0.6 is 0 Å². The van der Waals surface area contributed by atoms with E-state index in [4.69, 9.17) is 9.84 Å². The molecule has 36 heavy (non-hydrogen) atoms. The molecule has 2 aliphatic heterocycles. The second-order valence-corrected chi connectivity index (χ2v) is 11.5. The molecule has 5 rings (SSSR count). The van der Waals surface area contributed by atoms with Crippen LogP contribution in [0.1, 0.15) is 62.4 Å². The SMILES string of the molecule is Cc1cn(C)nc1C=C(C=COC(C)C1CNC(=O)C1)c1cnn(C2C3CCCN(C)CC2(C)C3)c1. The Morgan fingerprint density at radius 1 is 1.33 bits per heavy atom. The predicted octanol–water partition coefficient (Wildman–Crippen LogP) is 3.81. The Hall–Kier alpha value is -2.87. The van der Waals surface area contributed by atoms with Crippen molar-refractivity contribution >= 4 is 17.6 Å². The van der Waals surface area contributed by atoms with Crippen molar-refractivity contribution in [2.75, 3.05) is 26.7 Å². The molecule has 3 fully saturated rings. The zero-order chi connectivity index (χ0) is 25.4. The monoisotopic (exact) mass is 492 g/mol. The molecule has 2 saturated heterocycles. The van der Waals surface area contributed by atoms with Gasteiger partial charge in [0.25, 0.3) is 0 Å². The van der Waals surface area contributed by atoms with E-state index in [-0.39, 0.29) is 23.3 Å². The van der Waals surface area contributed by atoms with Crippen LogP contribution in [0.25, 0.3) is 11.6 Å². The van der Waals surface area contributed by atoms with Gasteiger partial charge in [0, 0.05) is 55.8 Å². The van der Waals surface area contributed by atoms with E-state index in [1.54, 1.807) is 6.26 Å². The number of aromatic nitrogens is 4. The number of aryl methyl sites for hydroxylation is 2. The lowest BCUT2D eigenvalue weighted by molar-refractivity contribution is -0.119. The second-order valence-electron chi connectivity index (χ2n) is 11.5. The van der Waals surface area contributed by atoms with Crippen LogP contribution in [0.2, 0.25) is 0 Å². The summed E-state index contributed by atoms with van der Waals surface area (Å²) in [6.07, 6.45) is 16.4. The summed E-state index contributed by atoms with van der Waals surface area (Å²) >= 11 is 0. The third-order valence-corrected chi connectivity index (χ3v) is 8.41. The van der Waals surface area contributed by atoms with Gasteiger partial charge in [0.2, 0.25) is 5.91 Å². The largest absolute Gasteiger partial charge is 0.498 e. The van der Waals surface area contributed by atoms with Gasteiger partial charge < -0.3 is 15.0 Å². The Bertz CT molecular complexity index is 1160. The summed E-state index contributed by atoms with van der Waals surface area (Å²) < 4.78 is 10.1. The van der Waals surface area contributed by atoms with E-state index < -0.39 is 0 Å². The molecule has 5 atom stereocenters. The summed E-state index contributed by atoms with van der Waals surface area (Å²) in [5, 5.41) is 12.4. The normalized spacial score (nSPS) is 30.1. The summed E-state index contributed by atoms with van der Waals surface area (Å²) in [4.78, 5) is 14.1. The van der Waals surface area contributed by atoms with Crippen molar-refractivity contribution in [2.45, 2.75) is 58.6 Å². The van der Waals surface area contributed by atoms with E-state index in [0.717, 1.165) is 28.9 Å². The van der Waals surface area contributed by atoms with Crippen LogP contribution in [-0.2, 0) is 16.6 Å². The van der Waals surface area contributed by atoms with Gasteiger partial charge in [-0.2, -0.15) is 10.2 Å². The first-order chi connectivity index (χ1) is 17.2. The highest BCUT2D eigenvalue weighted by Crippen LogP contribution is 2.57. The Kier molecular flexibility index (Phi) is 6.81. The second kappa shape index (κ2) is 9.88. The van der Waals surface area contributed by atoms with E-state index >= 15 is 0 Å². The maximum atomic E-state index is 11.6. The van der Waals surface area contributed by atoms with E-state index in [9.17, 15) is 4.79 Å². The van der Waals surface area contributed by atoms with Crippen molar-refractivity contribution in [3.05, 3.63) is 47.7 Å². The fourth-order valence-electron chi connectivity index (χ4n) is 6.60. The van der Waals surface area contributed by atoms with E-state index in [1.807, 2.05) is 37.1 Å². The van der Waals surface area contributed by atoms with Crippen LogP contribution in [-0.4, -0.2) is 63.2 Å². The molecule has 2 bridgehead atoms. The lowest BCUT2D eigenvalue weighted by Crippen LogP contribution is -2.54. The van der Waals surface area contributed by atoms with Gasteiger partial charge in [0.05, 0.1) is 30.3 Å². The molecule has 1 N–H and O–H groups in total. The standard InChI is InChI=1S/C28H40N6O2/c1-19-16-33(5)31-25(19)11-21(8-10-36-20(2)23-12-26(35)29-14-23)24-15-30-34(17-24)27-22-7-6-9-32(4)18-28(27,3)13-22/h8,10-11,15-17,20,22-23,27H,6-7,9,12-14,18H2,1-5H3,(H,29,35). The molecule has 4 heterocycles. The van der Waals surface area contributed by atoms with Crippen molar-refractivity contribution in [1.29, 1.82) is 0 Å². The van der Waals surface area contributed by atoms with Crippen molar-refractivity contribution < 1.29 is 9.53 Å². The summed E-state index contributed by atoms with van der Waals surface area (Å²) in [6.45, 7) is 9.50.